The molecule has 2 rings (SSSR count). The third-order valence-corrected chi connectivity index (χ3v) is 2.27. The van der Waals surface area contributed by atoms with Gasteiger partial charge >= 0.3 is 0 Å². The first-order valence-corrected chi connectivity index (χ1v) is 4.20. The van der Waals surface area contributed by atoms with Crippen LogP contribution in [0.4, 0.5) is 0 Å². The number of rotatable bonds is 1. The van der Waals surface area contributed by atoms with E-state index in [2.05, 4.69) is 37.3 Å². The first-order chi connectivity index (χ1) is 5.42. The molecule has 0 saturated carbocycles. The number of hydrogen-bond acceptors (Lipinski definition) is 0. The van der Waals surface area contributed by atoms with E-state index in [0.29, 0.717) is 0 Å². The van der Waals surface area contributed by atoms with Crippen LogP contribution < -0.4 is 10.4 Å². The van der Waals surface area contributed by atoms with Crippen molar-refractivity contribution < 1.29 is 0 Å². The zero-order valence-electron chi connectivity index (χ0n) is 6.80. The van der Waals surface area contributed by atoms with Gasteiger partial charge in [-0.2, -0.15) is 0 Å². The molecule has 0 spiro atoms. The van der Waals surface area contributed by atoms with Crippen molar-refractivity contribution in [2.24, 2.45) is 0 Å². The van der Waals surface area contributed by atoms with Crippen LogP contribution in [0.3, 0.4) is 0 Å². The lowest BCUT2D eigenvalue weighted by atomic mass is 10.1. The Balaban J connectivity index is 2.81. The van der Waals surface area contributed by atoms with E-state index in [9.17, 15) is 0 Å². The normalized spacial score (nSPS) is 13.5. The summed E-state index contributed by atoms with van der Waals surface area (Å²) in [4.78, 5) is 0. The van der Waals surface area contributed by atoms with E-state index < -0.39 is 0 Å². The van der Waals surface area contributed by atoms with Crippen molar-refractivity contribution in [3.63, 3.8) is 0 Å². The van der Waals surface area contributed by atoms with Crippen LogP contribution in [0.25, 0.3) is 12.2 Å². The quantitative estimate of drug-likeness (QED) is 0.556. The molecule has 0 unspecified atom stereocenters. The highest BCUT2D eigenvalue weighted by Crippen LogP contribution is 1.95. The van der Waals surface area contributed by atoms with E-state index in [-0.39, 0.29) is 0 Å². The molecule has 0 saturated heterocycles. The second-order valence-electron chi connectivity index (χ2n) is 2.92. The van der Waals surface area contributed by atoms with E-state index in [4.69, 9.17) is 0 Å². The van der Waals surface area contributed by atoms with Gasteiger partial charge in [0.1, 0.15) is 0 Å². The zero-order valence-corrected chi connectivity index (χ0v) is 6.80. The third-order valence-electron chi connectivity index (χ3n) is 2.27. The van der Waals surface area contributed by atoms with Crippen molar-refractivity contribution >= 4 is 12.2 Å². The van der Waals surface area contributed by atoms with Crippen LogP contribution >= 0.6 is 0 Å². The van der Waals surface area contributed by atoms with E-state index >= 15 is 0 Å². The molecule has 0 aliphatic heterocycles. The Morgan fingerprint density at radius 3 is 3.00 bits per heavy atom. The molecule has 0 bridgehead atoms. The summed E-state index contributed by atoms with van der Waals surface area (Å²) in [5.41, 5.74) is 1.48. The molecule has 0 nitrogen and oxygen atoms in total. The van der Waals surface area contributed by atoms with Gasteiger partial charge in [0.25, 0.3) is 0 Å². The summed E-state index contributed by atoms with van der Waals surface area (Å²) in [5, 5.41) is 2.89. The Kier molecular flexibility index (Phi) is 1.54. The second kappa shape index (κ2) is 2.54. The van der Waals surface area contributed by atoms with Crippen LogP contribution in [0.2, 0.25) is 0 Å². The van der Waals surface area contributed by atoms with Crippen LogP contribution in [0.5, 0.6) is 0 Å². The highest BCUT2D eigenvalue weighted by atomic mass is 14.0. The van der Waals surface area contributed by atoms with Gasteiger partial charge in [-0.25, -0.2) is 0 Å². The standard InChI is InChI=1S/C11H12/c1-2-9-5-3-6-10-7-4-8-11(9)10/h3,5-8H,2,4H2,1H3. The van der Waals surface area contributed by atoms with E-state index in [0.717, 1.165) is 12.8 Å². The molecule has 0 aromatic heterocycles. The summed E-state index contributed by atoms with van der Waals surface area (Å²) in [7, 11) is 0. The molecule has 0 atom stereocenters. The predicted octanol–water partition coefficient (Wildman–Crippen LogP) is 1.21. The maximum absolute atomic E-state index is 2.31. The first-order valence-electron chi connectivity index (χ1n) is 4.20. The van der Waals surface area contributed by atoms with Crippen LogP contribution in [0.1, 0.15) is 18.9 Å². The zero-order chi connectivity index (χ0) is 7.68. The van der Waals surface area contributed by atoms with Gasteiger partial charge in [-0.3, -0.25) is 0 Å². The topological polar surface area (TPSA) is 0 Å². The van der Waals surface area contributed by atoms with E-state index in [1.165, 1.54) is 16.0 Å². The SMILES string of the molecule is CCc1cccc2c1=CCC=2. The van der Waals surface area contributed by atoms with Crippen LogP contribution in [0, 0.1) is 0 Å². The molecular weight excluding hydrogens is 132 g/mol. The third kappa shape index (κ3) is 0.988. The molecule has 0 fully saturated rings. The number of hydrogen-bond donors (Lipinski definition) is 0. The number of fused-ring (bicyclic) bond motifs is 1. The molecule has 1 aromatic rings. The summed E-state index contributed by atoms with van der Waals surface area (Å²) >= 11 is 0. The summed E-state index contributed by atoms with van der Waals surface area (Å²) in [6.07, 6.45) is 6.86. The van der Waals surface area contributed by atoms with Gasteiger partial charge in [-0.1, -0.05) is 37.3 Å². The minimum atomic E-state index is 1.12. The van der Waals surface area contributed by atoms with Gasteiger partial charge < -0.3 is 0 Å². The molecule has 1 aromatic carbocycles. The van der Waals surface area contributed by atoms with E-state index in [1.807, 2.05) is 0 Å². The Labute approximate surface area is 66.9 Å². The average Bonchev–Trinajstić information content (AvgIpc) is 2.50. The summed E-state index contributed by atoms with van der Waals surface area (Å²) in [6.45, 7) is 2.21. The fourth-order valence-corrected chi connectivity index (χ4v) is 1.67. The minimum Gasteiger partial charge on any atom is -0.0728 e. The highest BCUT2D eigenvalue weighted by Gasteiger charge is 1.96. The highest BCUT2D eigenvalue weighted by molar-refractivity contribution is 5.48. The van der Waals surface area contributed by atoms with Crippen molar-refractivity contribution in [1.82, 2.24) is 0 Å². The predicted molar refractivity (Wildman–Crippen MR) is 48.6 cm³/mol. The smallest absolute Gasteiger partial charge is 0.0151 e. The van der Waals surface area contributed by atoms with Crippen molar-refractivity contribution in [3.05, 3.63) is 34.2 Å². The Morgan fingerprint density at radius 2 is 2.18 bits per heavy atom. The lowest BCUT2D eigenvalue weighted by molar-refractivity contribution is 1.12. The van der Waals surface area contributed by atoms with Gasteiger partial charge in [0.2, 0.25) is 0 Å². The molecule has 1 aliphatic rings. The lowest BCUT2D eigenvalue weighted by Gasteiger charge is -1.95. The molecule has 0 heterocycles. The summed E-state index contributed by atoms with van der Waals surface area (Å²) in [5.74, 6) is 0. The minimum absolute atomic E-state index is 1.12. The fourth-order valence-electron chi connectivity index (χ4n) is 1.67. The molecule has 11 heavy (non-hydrogen) atoms. The largest absolute Gasteiger partial charge is 0.0728 e. The van der Waals surface area contributed by atoms with Crippen LogP contribution in [-0.2, 0) is 6.42 Å². The van der Waals surface area contributed by atoms with Crippen molar-refractivity contribution in [3.8, 4) is 0 Å². The molecule has 0 heteroatoms. The lowest BCUT2D eigenvalue weighted by Crippen LogP contribution is -2.24. The van der Waals surface area contributed by atoms with Crippen molar-refractivity contribution in [2.45, 2.75) is 19.8 Å². The van der Waals surface area contributed by atoms with Crippen molar-refractivity contribution in [1.29, 1.82) is 0 Å². The Bertz CT molecular complexity index is 372. The Hall–Kier alpha value is -1.04. The number of aryl methyl sites for hydroxylation is 1. The summed E-state index contributed by atoms with van der Waals surface area (Å²) < 4.78 is 0. The second-order valence-corrected chi connectivity index (χ2v) is 2.92. The molecule has 0 radical (unpaired) electrons. The molecule has 56 valence electrons. The summed E-state index contributed by atoms with van der Waals surface area (Å²) in [6, 6.07) is 6.56. The molecule has 0 N–H and O–H groups in total. The van der Waals surface area contributed by atoms with Gasteiger partial charge in [-0.05, 0) is 28.8 Å². The van der Waals surface area contributed by atoms with Gasteiger partial charge in [0.05, 0.1) is 0 Å². The first kappa shape index (κ1) is 6.66. The maximum atomic E-state index is 2.31. The van der Waals surface area contributed by atoms with Crippen LogP contribution in [0.15, 0.2) is 18.2 Å². The molecular formula is C11H12. The number of benzene rings is 1. The molecule has 0 amide bonds. The average molecular weight is 144 g/mol. The van der Waals surface area contributed by atoms with Crippen molar-refractivity contribution in [2.75, 3.05) is 0 Å². The fraction of sp³-hybridized carbons (Fsp3) is 0.273. The van der Waals surface area contributed by atoms with Gasteiger partial charge in [0, 0.05) is 0 Å². The maximum Gasteiger partial charge on any atom is -0.0151 e. The van der Waals surface area contributed by atoms with E-state index in [1.54, 1.807) is 0 Å². The Morgan fingerprint density at radius 1 is 1.27 bits per heavy atom. The monoisotopic (exact) mass is 144 g/mol. The van der Waals surface area contributed by atoms with Crippen LogP contribution in [-0.4, -0.2) is 0 Å². The van der Waals surface area contributed by atoms with Gasteiger partial charge in [-0.15, -0.1) is 0 Å². The van der Waals surface area contributed by atoms with Gasteiger partial charge in [0.15, 0.2) is 0 Å². The molecule has 1 aliphatic carbocycles.